The van der Waals surface area contributed by atoms with Crippen LogP contribution in [0.1, 0.15) is 246 Å². The molecule has 21 heteroatoms. The molecule has 0 bridgehead atoms. The second-order valence-corrected chi connectivity index (χ2v) is 23.2. The second-order valence-electron chi connectivity index (χ2n) is 23.2. The van der Waals surface area contributed by atoms with Crippen LogP contribution in [0.15, 0.2) is 0 Å². The fraction of sp³-hybridized carbons (Fsp3) is 0.892. The normalized spacial score (nSPS) is 11.4. The number of nitrogens with one attached hydrogen (secondary N) is 5. The van der Waals surface area contributed by atoms with Crippen LogP contribution < -0.4 is 26.6 Å². The van der Waals surface area contributed by atoms with Crippen LogP contribution in [0.4, 0.5) is 4.79 Å². The number of alkyl carbamates (subject to hydrolysis) is 1. The average molecular weight is 1230 g/mol. The van der Waals surface area contributed by atoms with Gasteiger partial charge in [-0.2, -0.15) is 0 Å². The predicted molar refractivity (Wildman–Crippen MR) is 343 cm³/mol. The third kappa shape index (κ3) is 56.4. The summed E-state index contributed by atoms with van der Waals surface area (Å²) in [5.41, 5.74) is 0. The van der Waals surface area contributed by atoms with Crippen molar-refractivity contribution in [3.8, 4) is 0 Å². The Kier molecular flexibility index (Phi) is 59.4. The minimum atomic E-state index is -0.721. The monoisotopic (exact) mass is 1230 g/mol. The maximum atomic E-state index is 12.9. The molecule has 0 unspecified atom stereocenters. The Morgan fingerprint density at radius 1 is 0.291 bits per heavy atom. The van der Waals surface area contributed by atoms with Gasteiger partial charge in [0, 0.05) is 72.0 Å². The van der Waals surface area contributed by atoms with E-state index in [4.69, 9.17) is 14.2 Å². The molecule has 5 amide bonds. The molecule has 0 spiro atoms. The minimum absolute atomic E-state index is 0.00246. The van der Waals surface area contributed by atoms with E-state index >= 15 is 0 Å². The molecule has 86 heavy (non-hydrogen) atoms. The summed E-state index contributed by atoms with van der Waals surface area (Å²) >= 11 is 0. The fourth-order valence-corrected chi connectivity index (χ4v) is 9.77. The first-order valence-electron chi connectivity index (χ1n) is 34.3. The molecular formula is C65H127N9O12. The van der Waals surface area contributed by atoms with E-state index in [-0.39, 0.29) is 135 Å². The van der Waals surface area contributed by atoms with E-state index in [0.717, 1.165) is 77.0 Å². The summed E-state index contributed by atoms with van der Waals surface area (Å²) < 4.78 is 16.2. The van der Waals surface area contributed by atoms with Crippen LogP contribution in [0.2, 0.25) is 0 Å². The van der Waals surface area contributed by atoms with Crippen molar-refractivity contribution in [3.05, 3.63) is 0 Å². The number of carbonyl (C=O) groups is 7. The molecule has 21 nitrogen and oxygen atoms in total. The summed E-state index contributed by atoms with van der Waals surface area (Å²) in [6, 6.07) is 0. The Hall–Kier alpha value is -4.15. The van der Waals surface area contributed by atoms with Gasteiger partial charge in [-0.1, -0.05) is 207 Å². The molecule has 0 fully saturated rings. The number of rotatable bonds is 64. The molecular weight excluding hydrogens is 1100 g/mol. The predicted octanol–water partition coefficient (Wildman–Crippen LogP) is 8.71. The summed E-state index contributed by atoms with van der Waals surface area (Å²) in [4.78, 5) is 96.1. The minimum Gasteiger partial charge on any atom is -0.464 e. The molecule has 0 heterocycles. The molecule has 0 aromatic carbocycles. The highest BCUT2D eigenvalue weighted by atomic mass is 16.6. The number of esters is 2. The van der Waals surface area contributed by atoms with E-state index in [1.807, 2.05) is 0 Å². The van der Waals surface area contributed by atoms with Gasteiger partial charge in [-0.05, 0) is 25.7 Å². The zero-order valence-electron chi connectivity index (χ0n) is 54.9. The largest absolute Gasteiger partial charge is 0.464 e. The lowest BCUT2D eigenvalue weighted by Gasteiger charge is -2.22. The average Bonchev–Trinajstić information content (AvgIpc) is 3.53. The Morgan fingerprint density at radius 3 is 0.837 bits per heavy atom. The van der Waals surface area contributed by atoms with Crippen molar-refractivity contribution in [2.75, 3.05) is 131 Å². The summed E-state index contributed by atoms with van der Waals surface area (Å²) in [5.74, 6) is -1.77. The molecule has 0 aromatic heterocycles. The van der Waals surface area contributed by atoms with Gasteiger partial charge < -0.3 is 51.0 Å². The standard InChI is InChI=1S/C65H127N9O12/c1-5-9-13-17-21-25-29-33-39-66-59(77)53-73(54-60(78)67-40-34-30-26-22-18-14-10-6-2)48-50-84-63(81)37-44-71(57-75)46-43-70-65(83)86-52-47-72(58-76)45-38-64(82)85-51-49-74(55-61(79)68-41-35-31-27-23-19-15-11-7-3)56-62(80)69-42-36-32-28-24-20-16-12-8-4/h75-76H,5-58H2,1-4H3,(H,66,77)(H,67,78)(H,68,79)(H,69,80)(H,70,83). The highest BCUT2D eigenvalue weighted by molar-refractivity contribution is 5.82. The van der Waals surface area contributed by atoms with Gasteiger partial charge in [0.15, 0.2) is 0 Å². The fourth-order valence-electron chi connectivity index (χ4n) is 9.77. The highest BCUT2D eigenvalue weighted by Gasteiger charge is 2.19. The summed E-state index contributed by atoms with van der Waals surface area (Å²) in [6.45, 7) is 11.3. The van der Waals surface area contributed by atoms with Crippen molar-refractivity contribution >= 4 is 41.7 Å². The Labute approximate surface area is 521 Å². The van der Waals surface area contributed by atoms with Gasteiger partial charge in [0.2, 0.25) is 23.6 Å². The molecule has 0 aliphatic carbocycles. The number of amides is 5. The molecule has 0 saturated carbocycles. The summed E-state index contributed by atoms with van der Waals surface area (Å²) in [6.07, 6.45) is 36.4. The SMILES string of the molecule is CCCCCCCCCCNC(=O)CN(CCOC(=O)CCN(CO)CCNC(=O)OCCN(CO)CCC(=O)OCCN(CC(=O)NCCCCCCCCCC)CC(=O)NCCCCCCCCCC)CC(=O)NCCCCCCCCCC. The lowest BCUT2D eigenvalue weighted by atomic mass is 10.1. The number of ether oxygens (including phenoxy) is 3. The number of carbonyl (C=O) groups excluding carboxylic acids is 7. The van der Waals surface area contributed by atoms with E-state index in [2.05, 4.69) is 54.3 Å². The summed E-state index contributed by atoms with van der Waals surface area (Å²) in [5, 5.41) is 34.4. The van der Waals surface area contributed by atoms with E-state index in [0.29, 0.717) is 26.2 Å². The molecule has 0 saturated heterocycles. The van der Waals surface area contributed by atoms with Crippen molar-refractivity contribution in [1.82, 2.24) is 46.2 Å². The van der Waals surface area contributed by atoms with Crippen LogP contribution in [-0.2, 0) is 43.0 Å². The summed E-state index contributed by atoms with van der Waals surface area (Å²) in [7, 11) is 0. The highest BCUT2D eigenvalue weighted by Crippen LogP contribution is 2.12. The van der Waals surface area contributed by atoms with Gasteiger partial charge in [0.05, 0.1) is 52.5 Å². The second kappa shape index (κ2) is 62.5. The Balaban J connectivity index is 4.82. The topological polar surface area (TPSA) is 261 Å². The number of aliphatic hydroxyl groups is 2. The van der Waals surface area contributed by atoms with Crippen LogP contribution in [0, 0.1) is 0 Å². The molecule has 0 aromatic rings. The molecule has 504 valence electrons. The first-order chi connectivity index (χ1) is 41.9. The smallest absolute Gasteiger partial charge is 0.407 e. The van der Waals surface area contributed by atoms with Gasteiger partial charge in [-0.25, -0.2) is 4.79 Å². The number of hydrogen-bond acceptors (Lipinski definition) is 16. The zero-order valence-corrected chi connectivity index (χ0v) is 54.9. The first kappa shape index (κ1) is 81.8. The Morgan fingerprint density at radius 2 is 0.547 bits per heavy atom. The van der Waals surface area contributed by atoms with Gasteiger partial charge in [0.1, 0.15) is 19.8 Å². The van der Waals surface area contributed by atoms with Crippen LogP contribution in [0.5, 0.6) is 0 Å². The van der Waals surface area contributed by atoms with Crippen molar-refractivity contribution in [2.45, 2.75) is 246 Å². The van der Waals surface area contributed by atoms with Gasteiger partial charge in [0.25, 0.3) is 0 Å². The van der Waals surface area contributed by atoms with Gasteiger partial charge >= 0.3 is 18.0 Å². The maximum absolute atomic E-state index is 12.9. The molecule has 0 atom stereocenters. The van der Waals surface area contributed by atoms with Crippen molar-refractivity contribution in [2.24, 2.45) is 0 Å². The zero-order chi connectivity index (χ0) is 63.2. The van der Waals surface area contributed by atoms with E-state index < -0.39 is 24.8 Å². The van der Waals surface area contributed by atoms with Crippen molar-refractivity contribution < 1.29 is 58.0 Å². The molecule has 7 N–H and O–H groups in total. The molecule has 0 radical (unpaired) electrons. The number of hydrogen-bond donors (Lipinski definition) is 7. The first-order valence-corrected chi connectivity index (χ1v) is 34.3. The lowest BCUT2D eigenvalue weighted by molar-refractivity contribution is -0.146. The molecule has 0 aliphatic rings. The van der Waals surface area contributed by atoms with Gasteiger partial charge in [-0.15, -0.1) is 0 Å². The molecule has 0 aliphatic heterocycles. The van der Waals surface area contributed by atoms with Crippen LogP contribution in [-0.4, -0.2) is 203 Å². The third-order valence-corrected chi connectivity index (χ3v) is 15.2. The number of nitrogens with zero attached hydrogens (tertiary/aromatic N) is 4. The van der Waals surface area contributed by atoms with E-state index in [1.165, 1.54) is 133 Å². The quantitative estimate of drug-likeness (QED) is 0.0130. The van der Waals surface area contributed by atoms with Gasteiger partial charge in [-0.3, -0.25) is 48.4 Å². The maximum Gasteiger partial charge on any atom is 0.407 e. The van der Waals surface area contributed by atoms with E-state index in [9.17, 15) is 43.8 Å². The van der Waals surface area contributed by atoms with E-state index in [1.54, 1.807) is 14.7 Å². The lowest BCUT2D eigenvalue weighted by Crippen LogP contribution is -2.44. The molecule has 0 rings (SSSR count). The Bertz CT molecular complexity index is 1470. The van der Waals surface area contributed by atoms with Crippen molar-refractivity contribution in [1.29, 1.82) is 0 Å². The number of aliphatic hydroxyl groups excluding tert-OH is 2. The number of unbranched alkanes of at least 4 members (excludes halogenated alkanes) is 28. The van der Waals surface area contributed by atoms with Crippen LogP contribution in [0.3, 0.4) is 0 Å². The van der Waals surface area contributed by atoms with Crippen LogP contribution >= 0.6 is 0 Å². The van der Waals surface area contributed by atoms with Crippen LogP contribution in [0.25, 0.3) is 0 Å². The third-order valence-electron chi connectivity index (χ3n) is 15.2. The van der Waals surface area contributed by atoms with Crippen molar-refractivity contribution in [3.63, 3.8) is 0 Å².